The van der Waals surface area contributed by atoms with Gasteiger partial charge in [-0.3, -0.25) is 9.59 Å². The minimum atomic E-state index is -0.604. The number of likely N-dealkylation sites (N-methyl/N-ethyl adjacent to an activating group) is 1. The molecule has 1 aromatic heterocycles. The lowest BCUT2D eigenvalue weighted by Gasteiger charge is -2.10. The summed E-state index contributed by atoms with van der Waals surface area (Å²) in [6.07, 6.45) is 1.88. The second-order valence-corrected chi connectivity index (χ2v) is 3.83. The number of anilines is 1. The summed E-state index contributed by atoms with van der Waals surface area (Å²) in [6, 6.07) is 1.09. The number of carbonyl (C=O) groups excluding carboxylic acids is 2. The zero-order valence-corrected chi connectivity index (χ0v) is 10.9. The molecule has 7 heteroatoms. The van der Waals surface area contributed by atoms with Crippen LogP contribution in [-0.4, -0.2) is 36.9 Å². The molecular weight excluding hydrogens is 251 g/mol. The number of rotatable bonds is 6. The quantitative estimate of drug-likeness (QED) is 0.702. The van der Waals surface area contributed by atoms with E-state index in [1.807, 2.05) is 6.92 Å². The van der Waals surface area contributed by atoms with Crippen molar-refractivity contribution in [3.05, 3.63) is 23.6 Å². The molecule has 1 aromatic rings. The van der Waals surface area contributed by atoms with Crippen molar-refractivity contribution in [1.82, 2.24) is 15.6 Å². The van der Waals surface area contributed by atoms with Gasteiger partial charge in [0.05, 0.1) is 18.3 Å². The molecule has 0 aromatic carbocycles. The molecule has 0 saturated heterocycles. The molecule has 0 bridgehead atoms. The van der Waals surface area contributed by atoms with E-state index in [2.05, 4.69) is 20.9 Å². The lowest BCUT2D eigenvalue weighted by atomic mass is 10.2. The monoisotopic (exact) mass is 268 g/mol. The maximum Gasteiger partial charge on any atom is 0.255 e. The van der Waals surface area contributed by atoms with Gasteiger partial charge in [0.15, 0.2) is 0 Å². The number of nitrogens with one attached hydrogen (secondary N) is 3. The first-order chi connectivity index (χ1) is 9.08. The lowest BCUT2D eigenvalue weighted by molar-refractivity contribution is -0.119. The highest BCUT2D eigenvalue weighted by atomic mass is 19.1. The Kier molecular flexibility index (Phi) is 5.72. The summed E-state index contributed by atoms with van der Waals surface area (Å²) in [6.45, 7) is 2.41. The van der Waals surface area contributed by atoms with Crippen LogP contribution in [0.5, 0.6) is 0 Å². The Morgan fingerprint density at radius 3 is 2.79 bits per heavy atom. The molecule has 0 aliphatic carbocycles. The van der Waals surface area contributed by atoms with Crippen LogP contribution in [0.3, 0.4) is 0 Å². The van der Waals surface area contributed by atoms with Crippen LogP contribution in [0.1, 0.15) is 23.7 Å². The Labute approximate surface area is 110 Å². The zero-order chi connectivity index (χ0) is 14.3. The summed E-state index contributed by atoms with van der Waals surface area (Å²) in [5.41, 5.74) is 0.0809. The highest BCUT2D eigenvalue weighted by molar-refractivity contribution is 6.00. The Hall–Kier alpha value is -2.18. The van der Waals surface area contributed by atoms with E-state index in [9.17, 15) is 14.0 Å². The molecule has 0 aliphatic rings. The number of hydrogen-bond donors (Lipinski definition) is 3. The van der Waals surface area contributed by atoms with Gasteiger partial charge in [-0.15, -0.1) is 0 Å². The molecule has 0 atom stereocenters. The average molecular weight is 268 g/mol. The Morgan fingerprint density at radius 1 is 1.42 bits per heavy atom. The fraction of sp³-hybridized carbons (Fsp3) is 0.417. The first kappa shape index (κ1) is 14.9. The van der Waals surface area contributed by atoms with Crippen LogP contribution >= 0.6 is 0 Å². The molecular formula is C12H17FN4O2. The van der Waals surface area contributed by atoms with Gasteiger partial charge in [-0.1, -0.05) is 6.92 Å². The highest BCUT2D eigenvalue weighted by Gasteiger charge is 2.14. The summed E-state index contributed by atoms with van der Waals surface area (Å²) in [4.78, 5) is 26.7. The van der Waals surface area contributed by atoms with Crippen molar-refractivity contribution in [3.8, 4) is 0 Å². The fourth-order valence-corrected chi connectivity index (χ4v) is 1.34. The van der Waals surface area contributed by atoms with Crippen LogP contribution < -0.4 is 16.0 Å². The van der Waals surface area contributed by atoms with Crippen LogP contribution in [0.4, 0.5) is 10.2 Å². The molecule has 2 amide bonds. The van der Waals surface area contributed by atoms with Crippen molar-refractivity contribution >= 4 is 17.6 Å². The van der Waals surface area contributed by atoms with Gasteiger partial charge in [-0.2, -0.15) is 0 Å². The van der Waals surface area contributed by atoms with E-state index in [1.54, 1.807) is 0 Å². The second kappa shape index (κ2) is 7.30. The third kappa shape index (κ3) is 4.53. The van der Waals surface area contributed by atoms with Crippen molar-refractivity contribution in [2.75, 3.05) is 25.5 Å². The fourth-order valence-electron chi connectivity index (χ4n) is 1.34. The molecule has 0 saturated carbocycles. The van der Waals surface area contributed by atoms with E-state index in [4.69, 9.17) is 0 Å². The molecule has 3 N–H and O–H groups in total. The topological polar surface area (TPSA) is 83.1 Å². The minimum absolute atomic E-state index is 0.0809. The Bertz CT molecular complexity index is 465. The number of carbonyl (C=O) groups is 2. The largest absolute Gasteiger partial charge is 0.369 e. The minimum Gasteiger partial charge on any atom is -0.369 e. The third-order valence-corrected chi connectivity index (χ3v) is 2.33. The van der Waals surface area contributed by atoms with E-state index in [1.165, 1.54) is 7.05 Å². The predicted octanol–water partition coefficient (Wildman–Crippen LogP) is 0.518. The van der Waals surface area contributed by atoms with Crippen LogP contribution in [0.25, 0.3) is 0 Å². The number of pyridine rings is 1. The van der Waals surface area contributed by atoms with Crippen LogP contribution in [0.15, 0.2) is 12.3 Å². The number of hydrogen-bond acceptors (Lipinski definition) is 4. The molecule has 0 radical (unpaired) electrons. The maximum atomic E-state index is 13.1. The van der Waals surface area contributed by atoms with Gasteiger partial charge in [0, 0.05) is 13.6 Å². The van der Waals surface area contributed by atoms with Crippen molar-refractivity contribution in [2.24, 2.45) is 0 Å². The van der Waals surface area contributed by atoms with E-state index >= 15 is 0 Å². The van der Waals surface area contributed by atoms with Crippen molar-refractivity contribution < 1.29 is 14.0 Å². The average Bonchev–Trinajstić information content (AvgIpc) is 2.42. The molecule has 0 spiro atoms. The Morgan fingerprint density at radius 2 is 2.16 bits per heavy atom. The molecule has 0 aliphatic heterocycles. The summed E-state index contributed by atoms with van der Waals surface area (Å²) < 4.78 is 13.1. The highest BCUT2D eigenvalue weighted by Crippen LogP contribution is 2.13. The van der Waals surface area contributed by atoms with E-state index in [-0.39, 0.29) is 18.0 Å². The van der Waals surface area contributed by atoms with Gasteiger partial charge in [0.1, 0.15) is 11.6 Å². The van der Waals surface area contributed by atoms with Crippen LogP contribution in [0, 0.1) is 5.82 Å². The molecule has 6 nitrogen and oxygen atoms in total. The smallest absolute Gasteiger partial charge is 0.255 e. The van der Waals surface area contributed by atoms with Gasteiger partial charge in [-0.05, 0) is 12.5 Å². The number of amides is 2. The van der Waals surface area contributed by atoms with Gasteiger partial charge in [0.25, 0.3) is 5.91 Å². The van der Waals surface area contributed by atoms with Crippen LogP contribution in [0.2, 0.25) is 0 Å². The number of aromatic nitrogens is 1. The summed E-state index contributed by atoms with van der Waals surface area (Å²) in [7, 11) is 1.46. The number of halogens is 1. The standard InChI is InChI=1S/C12H17FN4O2/c1-3-4-15-11-9(5-8(13)6-16-11)12(19)17-7-10(18)14-2/h5-6H,3-4,7H2,1-2H3,(H,14,18)(H,15,16)(H,17,19). The van der Waals surface area contributed by atoms with Crippen molar-refractivity contribution in [1.29, 1.82) is 0 Å². The van der Waals surface area contributed by atoms with Crippen molar-refractivity contribution in [2.45, 2.75) is 13.3 Å². The van der Waals surface area contributed by atoms with E-state index in [0.717, 1.165) is 18.7 Å². The third-order valence-electron chi connectivity index (χ3n) is 2.33. The first-order valence-electron chi connectivity index (χ1n) is 5.96. The van der Waals surface area contributed by atoms with E-state index < -0.39 is 11.7 Å². The zero-order valence-electron chi connectivity index (χ0n) is 10.9. The molecule has 0 unspecified atom stereocenters. The van der Waals surface area contributed by atoms with Gasteiger partial charge in [0.2, 0.25) is 5.91 Å². The van der Waals surface area contributed by atoms with Crippen LogP contribution in [-0.2, 0) is 4.79 Å². The van der Waals surface area contributed by atoms with Gasteiger partial charge >= 0.3 is 0 Å². The number of nitrogens with zero attached hydrogens (tertiary/aromatic N) is 1. The molecule has 1 rings (SSSR count). The second-order valence-electron chi connectivity index (χ2n) is 3.83. The first-order valence-corrected chi connectivity index (χ1v) is 5.96. The van der Waals surface area contributed by atoms with Gasteiger partial charge in [-0.25, -0.2) is 9.37 Å². The molecule has 1 heterocycles. The predicted molar refractivity (Wildman–Crippen MR) is 69.4 cm³/mol. The summed E-state index contributed by atoms with van der Waals surface area (Å²) >= 11 is 0. The van der Waals surface area contributed by atoms with E-state index in [0.29, 0.717) is 12.4 Å². The van der Waals surface area contributed by atoms with Gasteiger partial charge < -0.3 is 16.0 Å². The SMILES string of the molecule is CCCNc1ncc(F)cc1C(=O)NCC(=O)NC. The molecule has 0 fully saturated rings. The molecule has 19 heavy (non-hydrogen) atoms. The Balaban J connectivity index is 2.81. The van der Waals surface area contributed by atoms with Crippen molar-refractivity contribution in [3.63, 3.8) is 0 Å². The summed E-state index contributed by atoms with van der Waals surface area (Å²) in [5, 5.41) is 7.70. The normalized spacial score (nSPS) is 9.84. The molecule has 104 valence electrons. The maximum absolute atomic E-state index is 13.1. The lowest BCUT2D eigenvalue weighted by Crippen LogP contribution is -2.35. The summed E-state index contributed by atoms with van der Waals surface area (Å²) in [5.74, 6) is -1.18.